The molecule has 0 amide bonds. The maximum absolute atomic E-state index is 4.64. The Hall–Kier alpha value is -0.335. The summed E-state index contributed by atoms with van der Waals surface area (Å²) in [6, 6.07) is 0. The van der Waals surface area contributed by atoms with Gasteiger partial charge in [-0.1, -0.05) is 0 Å². The van der Waals surface area contributed by atoms with Crippen LogP contribution in [0.1, 0.15) is 6.42 Å². The first-order chi connectivity index (χ1) is 3.00. The molecular weight excluding hydrogens is 76.9 g/mol. The second-order valence-electron chi connectivity index (χ2n) is 1.26. The van der Waals surface area contributed by atoms with E-state index in [0.717, 1.165) is 19.3 Å². The van der Waals surface area contributed by atoms with Gasteiger partial charge in [0.25, 0.3) is 0 Å². The van der Waals surface area contributed by atoms with Crippen molar-refractivity contribution in [3.63, 3.8) is 0 Å². The predicted molar refractivity (Wildman–Crippen MR) is 23.6 cm³/mol. The molecule has 0 unspecified atom stereocenters. The molecule has 1 aliphatic rings. The van der Waals surface area contributed by atoms with Crippen LogP contribution in [0.5, 0.6) is 0 Å². The van der Waals surface area contributed by atoms with Crippen LogP contribution in [0.4, 0.5) is 0 Å². The summed E-state index contributed by atoms with van der Waals surface area (Å²) in [5.41, 5.74) is 0. The molecular formula is C3H6BNO. The van der Waals surface area contributed by atoms with E-state index in [0.29, 0.717) is 0 Å². The SMILES string of the molecule is B1=NOCCC1. The predicted octanol–water partition coefficient (Wildman–Crippen LogP) is 0.628. The summed E-state index contributed by atoms with van der Waals surface area (Å²) < 4.78 is 0. The van der Waals surface area contributed by atoms with E-state index in [-0.39, 0.29) is 0 Å². The first-order valence-corrected chi connectivity index (χ1v) is 2.14. The van der Waals surface area contributed by atoms with E-state index in [9.17, 15) is 0 Å². The van der Waals surface area contributed by atoms with Crippen LogP contribution in [0.15, 0.2) is 5.06 Å². The fourth-order valence-electron chi connectivity index (χ4n) is 0.397. The first kappa shape index (κ1) is 3.84. The van der Waals surface area contributed by atoms with Crippen LogP contribution in [-0.4, -0.2) is 13.7 Å². The number of hydrogen-bond acceptors (Lipinski definition) is 2. The Morgan fingerprint density at radius 3 is 2.83 bits per heavy atom. The first-order valence-electron chi connectivity index (χ1n) is 2.14. The molecule has 3 heteroatoms. The average Bonchev–Trinajstić information content (AvgIpc) is 1.72. The summed E-state index contributed by atoms with van der Waals surface area (Å²) in [4.78, 5) is 4.64. The van der Waals surface area contributed by atoms with Crippen molar-refractivity contribution in [3.05, 3.63) is 0 Å². The molecule has 0 saturated heterocycles. The molecule has 1 aliphatic heterocycles. The van der Waals surface area contributed by atoms with Crippen LogP contribution in [0.2, 0.25) is 6.32 Å². The van der Waals surface area contributed by atoms with E-state index < -0.39 is 0 Å². The zero-order valence-corrected chi connectivity index (χ0v) is 3.55. The molecule has 0 bridgehead atoms. The second kappa shape index (κ2) is 1.95. The molecule has 0 spiro atoms. The number of nitrogens with zero attached hydrogens (tertiary/aromatic N) is 1. The number of rotatable bonds is 0. The van der Waals surface area contributed by atoms with Gasteiger partial charge in [0, 0.05) is 0 Å². The number of hydrogen-bond donors (Lipinski definition) is 0. The van der Waals surface area contributed by atoms with Crippen LogP contribution in [0, 0.1) is 0 Å². The van der Waals surface area contributed by atoms with Crippen molar-refractivity contribution in [2.24, 2.45) is 5.06 Å². The standard InChI is InChI=1S/C3H6BNO/c1-2-4-5-6-3-1/h1-3H2. The van der Waals surface area contributed by atoms with E-state index >= 15 is 0 Å². The van der Waals surface area contributed by atoms with Gasteiger partial charge in [-0.25, -0.2) is 0 Å². The molecule has 6 heavy (non-hydrogen) atoms. The monoisotopic (exact) mass is 83.1 g/mol. The average molecular weight is 82.9 g/mol. The van der Waals surface area contributed by atoms with E-state index in [1.54, 1.807) is 7.07 Å². The van der Waals surface area contributed by atoms with Gasteiger partial charge >= 0.3 is 36.3 Å². The van der Waals surface area contributed by atoms with Gasteiger partial charge in [-0.05, 0) is 0 Å². The second-order valence-corrected chi connectivity index (χ2v) is 1.26. The molecule has 0 radical (unpaired) electrons. The van der Waals surface area contributed by atoms with Crippen LogP contribution in [-0.2, 0) is 4.84 Å². The topological polar surface area (TPSA) is 21.6 Å². The Balaban J connectivity index is 2.26. The van der Waals surface area contributed by atoms with Gasteiger partial charge in [-0.15, -0.1) is 0 Å². The summed E-state index contributed by atoms with van der Waals surface area (Å²) in [6.45, 7) is 0.802. The summed E-state index contributed by atoms with van der Waals surface area (Å²) in [7, 11) is 1.80. The summed E-state index contributed by atoms with van der Waals surface area (Å²) in [5, 5.41) is 3.55. The van der Waals surface area contributed by atoms with Gasteiger partial charge in [0.1, 0.15) is 0 Å². The van der Waals surface area contributed by atoms with Crippen molar-refractivity contribution in [2.45, 2.75) is 12.7 Å². The Kier molecular flexibility index (Phi) is 1.25. The third kappa shape index (κ3) is 0.811. The molecule has 0 aromatic carbocycles. The molecule has 0 aliphatic carbocycles. The van der Waals surface area contributed by atoms with Gasteiger partial charge < -0.3 is 0 Å². The molecule has 0 aromatic heterocycles. The van der Waals surface area contributed by atoms with Crippen molar-refractivity contribution in [1.29, 1.82) is 0 Å². The summed E-state index contributed by atoms with van der Waals surface area (Å²) in [5.74, 6) is 0. The zero-order chi connectivity index (χ0) is 4.24. The molecule has 2 nitrogen and oxygen atoms in total. The van der Waals surface area contributed by atoms with Crippen LogP contribution >= 0.6 is 0 Å². The fourth-order valence-corrected chi connectivity index (χ4v) is 0.397. The van der Waals surface area contributed by atoms with Crippen molar-refractivity contribution < 1.29 is 4.84 Å². The van der Waals surface area contributed by atoms with E-state index in [2.05, 4.69) is 9.90 Å². The van der Waals surface area contributed by atoms with E-state index in [4.69, 9.17) is 0 Å². The molecule has 1 rings (SSSR count). The van der Waals surface area contributed by atoms with Gasteiger partial charge in [0.15, 0.2) is 0 Å². The molecule has 32 valence electrons. The van der Waals surface area contributed by atoms with Crippen molar-refractivity contribution >= 4 is 7.07 Å². The molecule has 0 aromatic rings. The summed E-state index contributed by atoms with van der Waals surface area (Å²) in [6.07, 6.45) is 2.21. The molecule has 0 fully saturated rings. The van der Waals surface area contributed by atoms with E-state index in [1.807, 2.05) is 0 Å². The van der Waals surface area contributed by atoms with Crippen LogP contribution in [0.3, 0.4) is 0 Å². The Morgan fingerprint density at radius 2 is 2.67 bits per heavy atom. The van der Waals surface area contributed by atoms with Crippen molar-refractivity contribution in [3.8, 4) is 0 Å². The van der Waals surface area contributed by atoms with Gasteiger partial charge in [0.2, 0.25) is 0 Å². The van der Waals surface area contributed by atoms with Crippen molar-refractivity contribution in [1.82, 2.24) is 0 Å². The minimum atomic E-state index is 0.802. The van der Waals surface area contributed by atoms with Crippen LogP contribution < -0.4 is 0 Å². The normalized spacial score (nSPS) is 18.7. The molecule has 0 N–H and O–H groups in total. The minimum absolute atomic E-state index is 0.802. The Labute approximate surface area is 37.4 Å². The Bertz CT molecular complexity index is 55.8. The Morgan fingerprint density at radius 1 is 1.67 bits per heavy atom. The van der Waals surface area contributed by atoms with E-state index in [1.165, 1.54) is 0 Å². The van der Waals surface area contributed by atoms with Gasteiger partial charge in [0.05, 0.1) is 0 Å². The van der Waals surface area contributed by atoms with Crippen LogP contribution in [0.25, 0.3) is 0 Å². The fraction of sp³-hybridized carbons (Fsp3) is 1.00. The molecule has 0 saturated carbocycles. The quantitative estimate of drug-likeness (QED) is 0.393. The maximum atomic E-state index is 4.64. The van der Waals surface area contributed by atoms with Gasteiger partial charge in [-0.3, -0.25) is 0 Å². The zero-order valence-electron chi connectivity index (χ0n) is 3.55. The van der Waals surface area contributed by atoms with Crippen molar-refractivity contribution in [2.75, 3.05) is 6.61 Å². The van der Waals surface area contributed by atoms with Gasteiger partial charge in [-0.2, -0.15) is 0 Å². The third-order valence-corrected chi connectivity index (χ3v) is 0.718. The summed E-state index contributed by atoms with van der Waals surface area (Å²) >= 11 is 0. The third-order valence-electron chi connectivity index (χ3n) is 0.718. The molecule has 0 atom stereocenters. The molecule has 1 heterocycles.